The molecule has 0 aliphatic rings. The Kier molecular flexibility index (Phi) is 4.88. The Hall–Kier alpha value is -3.02. The summed E-state index contributed by atoms with van der Waals surface area (Å²) in [5, 5.41) is 2.93. The molecule has 3 rings (SSSR count). The number of hydrogen-bond acceptors (Lipinski definition) is 4. The first kappa shape index (κ1) is 16.8. The van der Waals surface area contributed by atoms with Gasteiger partial charge in [0, 0.05) is 6.54 Å². The van der Waals surface area contributed by atoms with Crippen LogP contribution >= 0.6 is 0 Å². The normalized spacial score (nSPS) is 10.7. The molecule has 0 bridgehead atoms. The van der Waals surface area contributed by atoms with Gasteiger partial charge in [-0.05, 0) is 42.3 Å². The van der Waals surface area contributed by atoms with Gasteiger partial charge in [-0.25, -0.2) is 4.98 Å². The smallest absolute Gasteiger partial charge is 0.224 e. The molecule has 0 aliphatic carbocycles. The van der Waals surface area contributed by atoms with Crippen molar-refractivity contribution in [1.29, 1.82) is 0 Å². The molecule has 2 N–H and O–H groups in total. The lowest BCUT2D eigenvalue weighted by molar-refractivity contribution is -0.120. The number of methoxy groups -OCH3 is 2. The van der Waals surface area contributed by atoms with Crippen LogP contribution in [0.25, 0.3) is 11.0 Å². The van der Waals surface area contributed by atoms with Crippen molar-refractivity contribution in [3.05, 3.63) is 53.3 Å². The van der Waals surface area contributed by atoms with Crippen molar-refractivity contribution in [2.45, 2.75) is 19.9 Å². The van der Waals surface area contributed by atoms with E-state index in [4.69, 9.17) is 9.47 Å². The Morgan fingerprint density at radius 1 is 1.08 bits per heavy atom. The van der Waals surface area contributed by atoms with E-state index >= 15 is 0 Å². The van der Waals surface area contributed by atoms with Crippen LogP contribution in [0.4, 0.5) is 0 Å². The Morgan fingerprint density at radius 3 is 2.60 bits per heavy atom. The molecular weight excluding hydrogens is 318 g/mol. The summed E-state index contributed by atoms with van der Waals surface area (Å²) >= 11 is 0. The fraction of sp³-hybridized carbons (Fsp3) is 0.263. The van der Waals surface area contributed by atoms with Crippen molar-refractivity contribution in [2.75, 3.05) is 14.2 Å². The molecule has 0 aliphatic heterocycles. The van der Waals surface area contributed by atoms with E-state index in [9.17, 15) is 4.79 Å². The maximum absolute atomic E-state index is 12.2. The number of aromatic amines is 1. The maximum Gasteiger partial charge on any atom is 0.224 e. The largest absolute Gasteiger partial charge is 0.493 e. The van der Waals surface area contributed by atoms with E-state index in [0.717, 1.165) is 28.0 Å². The van der Waals surface area contributed by atoms with E-state index in [0.29, 0.717) is 24.5 Å². The molecule has 0 fully saturated rings. The first-order valence-electron chi connectivity index (χ1n) is 8.02. The highest BCUT2D eigenvalue weighted by Crippen LogP contribution is 2.27. The zero-order valence-electron chi connectivity index (χ0n) is 14.6. The van der Waals surface area contributed by atoms with Crippen LogP contribution in [0.5, 0.6) is 11.5 Å². The van der Waals surface area contributed by atoms with Gasteiger partial charge < -0.3 is 19.8 Å². The molecular formula is C19H21N3O3. The van der Waals surface area contributed by atoms with Gasteiger partial charge in [-0.3, -0.25) is 4.79 Å². The minimum Gasteiger partial charge on any atom is -0.493 e. The lowest BCUT2D eigenvalue weighted by Crippen LogP contribution is -2.24. The number of carbonyl (C=O) groups excluding carboxylic acids is 1. The zero-order chi connectivity index (χ0) is 17.8. The molecule has 130 valence electrons. The number of aryl methyl sites for hydroxylation is 1. The van der Waals surface area contributed by atoms with E-state index < -0.39 is 0 Å². The number of hydrogen-bond donors (Lipinski definition) is 2. The van der Waals surface area contributed by atoms with Gasteiger partial charge in [0.05, 0.1) is 31.7 Å². The second kappa shape index (κ2) is 7.25. The van der Waals surface area contributed by atoms with Crippen LogP contribution in [0.3, 0.4) is 0 Å². The fourth-order valence-electron chi connectivity index (χ4n) is 2.73. The Balaban J connectivity index is 1.62. The highest BCUT2D eigenvalue weighted by Gasteiger charge is 2.08. The number of nitrogens with zero attached hydrogens (tertiary/aromatic N) is 1. The molecule has 0 radical (unpaired) electrons. The average Bonchev–Trinajstić information content (AvgIpc) is 2.99. The van der Waals surface area contributed by atoms with Gasteiger partial charge in [0.25, 0.3) is 0 Å². The van der Waals surface area contributed by atoms with Gasteiger partial charge in [0.15, 0.2) is 11.5 Å². The molecule has 6 heteroatoms. The van der Waals surface area contributed by atoms with Crippen molar-refractivity contribution in [3.8, 4) is 11.5 Å². The number of rotatable bonds is 6. The number of nitrogens with one attached hydrogen (secondary N) is 2. The summed E-state index contributed by atoms with van der Waals surface area (Å²) in [7, 11) is 3.19. The average molecular weight is 339 g/mol. The van der Waals surface area contributed by atoms with E-state index in [1.165, 1.54) is 0 Å². The minimum absolute atomic E-state index is 0.0367. The molecule has 0 spiro atoms. The van der Waals surface area contributed by atoms with Crippen LogP contribution < -0.4 is 14.8 Å². The van der Waals surface area contributed by atoms with Crippen molar-refractivity contribution < 1.29 is 14.3 Å². The summed E-state index contributed by atoms with van der Waals surface area (Å²) in [6, 6.07) is 11.4. The van der Waals surface area contributed by atoms with Crippen molar-refractivity contribution in [3.63, 3.8) is 0 Å². The first-order valence-corrected chi connectivity index (χ1v) is 8.02. The third-order valence-corrected chi connectivity index (χ3v) is 3.97. The third-order valence-electron chi connectivity index (χ3n) is 3.97. The summed E-state index contributed by atoms with van der Waals surface area (Å²) in [6.07, 6.45) is 0.321. The standard InChI is InChI=1S/C19H21N3O3/c1-12-21-15-6-4-13(8-16(15)22-12)10-19(23)20-11-14-5-7-17(24-2)18(9-14)25-3/h4-9H,10-11H2,1-3H3,(H,20,23)(H,21,22). The molecule has 0 unspecified atom stereocenters. The van der Waals surface area contributed by atoms with Gasteiger partial charge in [0.1, 0.15) is 5.82 Å². The number of imidazole rings is 1. The number of H-pyrrole nitrogens is 1. The molecule has 1 amide bonds. The molecule has 3 aromatic rings. The van der Waals surface area contributed by atoms with Gasteiger partial charge in [-0.1, -0.05) is 12.1 Å². The second-order valence-electron chi connectivity index (χ2n) is 5.82. The van der Waals surface area contributed by atoms with E-state index in [1.54, 1.807) is 14.2 Å². The number of amides is 1. The van der Waals surface area contributed by atoms with Gasteiger partial charge >= 0.3 is 0 Å². The molecule has 6 nitrogen and oxygen atoms in total. The molecule has 0 saturated heterocycles. The molecule has 0 saturated carbocycles. The molecule has 1 heterocycles. The van der Waals surface area contributed by atoms with Crippen LogP contribution in [-0.4, -0.2) is 30.1 Å². The van der Waals surface area contributed by atoms with Crippen molar-refractivity contribution in [2.24, 2.45) is 0 Å². The number of carbonyl (C=O) groups is 1. The first-order chi connectivity index (χ1) is 12.1. The Morgan fingerprint density at radius 2 is 1.84 bits per heavy atom. The highest BCUT2D eigenvalue weighted by atomic mass is 16.5. The Bertz CT molecular complexity index is 902. The van der Waals surface area contributed by atoms with Crippen LogP contribution in [0.1, 0.15) is 17.0 Å². The van der Waals surface area contributed by atoms with Crippen LogP contribution in [0.15, 0.2) is 36.4 Å². The molecule has 2 aromatic carbocycles. The molecule has 25 heavy (non-hydrogen) atoms. The zero-order valence-corrected chi connectivity index (χ0v) is 14.6. The number of ether oxygens (including phenoxy) is 2. The second-order valence-corrected chi connectivity index (χ2v) is 5.82. The summed E-state index contributed by atoms with van der Waals surface area (Å²) in [6.45, 7) is 2.35. The number of benzene rings is 2. The molecule has 0 atom stereocenters. The van der Waals surface area contributed by atoms with Gasteiger partial charge in [0.2, 0.25) is 5.91 Å². The van der Waals surface area contributed by atoms with Crippen molar-refractivity contribution >= 4 is 16.9 Å². The van der Waals surface area contributed by atoms with Crippen LogP contribution in [0.2, 0.25) is 0 Å². The summed E-state index contributed by atoms with van der Waals surface area (Å²) < 4.78 is 10.5. The quantitative estimate of drug-likeness (QED) is 0.724. The number of fused-ring (bicyclic) bond motifs is 1. The minimum atomic E-state index is -0.0367. The monoisotopic (exact) mass is 339 g/mol. The van der Waals surface area contributed by atoms with Gasteiger partial charge in [-0.15, -0.1) is 0 Å². The van der Waals surface area contributed by atoms with E-state index in [-0.39, 0.29) is 5.91 Å². The predicted octanol–water partition coefficient (Wildman–Crippen LogP) is 2.75. The molecule has 1 aromatic heterocycles. The SMILES string of the molecule is COc1ccc(CNC(=O)Cc2ccc3nc(C)[nH]c3c2)cc1OC. The lowest BCUT2D eigenvalue weighted by Gasteiger charge is -2.10. The lowest BCUT2D eigenvalue weighted by atomic mass is 10.1. The van der Waals surface area contributed by atoms with Crippen molar-refractivity contribution in [1.82, 2.24) is 15.3 Å². The van der Waals surface area contributed by atoms with Gasteiger partial charge in [-0.2, -0.15) is 0 Å². The predicted molar refractivity (Wildman–Crippen MR) is 95.9 cm³/mol. The van der Waals surface area contributed by atoms with E-state index in [2.05, 4.69) is 15.3 Å². The van der Waals surface area contributed by atoms with Crippen LogP contribution in [0, 0.1) is 6.92 Å². The summed E-state index contributed by atoms with van der Waals surface area (Å²) in [4.78, 5) is 19.8. The highest BCUT2D eigenvalue weighted by molar-refractivity contribution is 5.81. The number of aromatic nitrogens is 2. The van der Waals surface area contributed by atoms with Crippen LogP contribution in [-0.2, 0) is 17.8 Å². The fourth-order valence-corrected chi connectivity index (χ4v) is 2.73. The summed E-state index contributed by atoms with van der Waals surface area (Å²) in [5.41, 5.74) is 3.75. The summed E-state index contributed by atoms with van der Waals surface area (Å²) in [5.74, 6) is 2.14. The Labute approximate surface area is 146 Å². The maximum atomic E-state index is 12.2. The van der Waals surface area contributed by atoms with E-state index in [1.807, 2.05) is 43.3 Å². The topological polar surface area (TPSA) is 76.2 Å². The third kappa shape index (κ3) is 3.91.